The smallest absolute Gasteiger partial charge is 0.261 e. The van der Waals surface area contributed by atoms with Gasteiger partial charge in [0.25, 0.3) is 10.0 Å². The molecule has 1 saturated heterocycles. The number of aryl methyl sites for hydroxylation is 1. The Morgan fingerprint density at radius 2 is 1.81 bits per heavy atom. The number of hydrogen-bond donors (Lipinski definition) is 2. The van der Waals surface area contributed by atoms with Crippen LogP contribution >= 0.6 is 0 Å². The van der Waals surface area contributed by atoms with Gasteiger partial charge in [0.05, 0.1) is 17.4 Å². The van der Waals surface area contributed by atoms with Crippen LogP contribution in [0.4, 0.5) is 5.69 Å². The summed E-state index contributed by atoms with van der Waals surface area (Å²) in [4.78, 5) is 14.3. The Morgan fingerprint density at radius 3 is 2.44 bits per heavy atom. The summed E-state index contributed by atoms with van der Waals surface area (Å²) in [7, 11) is -3.64. The maximum Gasteiger partial charge on any atom is 0.261 e. The lowest BCUT2D eigenvalue weighted by atomic mass is 10.1. The van der Waals surface area contributed by atoms with E-state index in [4.69, 9.17) is 0 Å². The molecule has 2 aromatic carbocycles. The molecule has 0 bridgehead atoms. The van der Waals surface area contributed by atoms with Crippen molar-refractivity contribution in [3.63, 3.8) is 0 Å². The Morgan fingerprint density at radius 1 is 1.15 bits per heavy atom. The molecule has 0 unspecified atom stereocenters. The summed E-state index contributed by atoms with van der Waals surface area (Å²) < 4.78 is 27.5. The Balaban J connectivity index is 1.62. The zero-order chi connectivity index (χ0) is 19.4. The monoisotopic (exact) mass is 388 g/mol. The minimum absolute atomic E-state index is 0.0231. The van der Waals surface area contributed by atoms with E-state index in [0.29, 0.717) is 31.6 Å². The van der Waals surface area contributed by atoms with E-state index in [9.17, 15) is 18.3 Å². The van der Waals surface area contributed by atoms with Gasteiger partial charge in [-0.05, 0) is 55.2 Å². The molecule has 27 heavy (non-hydrogen) atoms. The number of benzene rings is 2. The van der Waals surface area contributed by atoms with Crippen LogP contribution in [0.1, 0.15) is 24.0 Å². The number of nitrogens with one attached hydrogen (secondary N) is 1. The highest BCUT2D eigenvalue weighted by molar-refractivity contribution is 7.92. The van der Waals surface area contributed by atoms with Gasteiger partial charge in [-0.2, -0.15) is 0 Å². The fourth-order valence-electron chi connectivity index (χ4n) is 3.09. The average molecular weight is 388 g/mol. The van der Waals surface area contributed by atoms with Crippen molar-refractivity contribution in [2.45, 2.75) is 37.2 Å². The molecule has 0 saturated carbocycles. The zero-order valence-corrected chi connectivity index (χ0v) is 16.1. The number of piperidine rings is 1. The van der Waals surface area contributed by atoms with Gasteiger partial charge in [-0.15, -0.1) is 0 Å². The molecule has 1 amide bonds. The third-order valence-electron chi connectivity index (χ3n) is 4.68. The Labute approximate surface area is 159 Å². The van der Waals surface area contributed by atoms with Crippen molar-refractivity contribution in [1.29, 1.82) is 0 Å². The second-order valence-corrected chi connectivity index (χ2v) is 8.59. The van der Waals surface area contributed by atoms with Crippen LogP contribution in [0, 0.1) is 6.92 Å². The topological polar surface area (TPSA) is 86.7 Å². The van der Waals surface area contributed by atoms with Crippen molar-refractivity contribution in [3.05, 3.63) is 59.7 Å². The van der Waals surface area contributed by atoms with Crippen LogP contribution < -0.4 is 4.72 Å². The normalized spacial score (nSPS) is 15.6. The summed E-state index contributed by atoms with van der Waals surface area (Å²) in [5, 5.41) is 9.53. The van der Waals surface area contributed by atoms with Crippen LogP contribution in [-0.2, 0) is 21.2 Å². The molecule has 3 rings (SSSR count). The number of carbonyl (C=O) groups excluding carboxylic acids is 1. The van der Waals surface area contributed by atoms with Gasteiger partial charge in [0.15, 0.2) is 0 Å². The summed E-state index contributed by atoms with van der Waals surface area (Å²) in [5.74, 6) is 0.0231. The predicted molar refractivity (Wildman–Crippen MR) is 104 cm³/mol. The highest BCUT2D eigenvalue weighted by Gasteiger charge is 2.21. The second-order valence-electron chi connectivity index (χ2n) is 6.91. The number of carbonyl (C=O) groups is 1. The van der Waals surface area contributed by atoms with Crippen molar-refractivity contribution in [2.75, 3.05) is 17.8 Å². The minimum atomic E-state index is -3.64. The number of rotatable bonds is 5. The average Bonchev–Trinajstić information content (AvgIpc) is 2.63. The van der Waals surface area contributed by atoms with Crippen LogP contribution in [0.25, 0.3) is 0 Å². The molecule has 0 atom stereocenters. The maximum absolute atomic E-state index is 12.5. The number of amides is 1. The molecule has 1 fully saturated rings. The minimum Gasteiger partial charge on any atom is -0.393 e. The van der Waals surface area contributed by atoms with Crippen LogP contribution in [-0.4, -0.2) is 43.5 Å². The molecule has 0 aliphatic carbocycles. The lowest BCUT2D eigenvalue weighted by Gasteiger charge is -2.29. The highest BCUT2D eigenvalue weighted by Crippen LogP contribution is 2.18. The molecule has 0 aromatic heterocycles. The van der Waals surface area contributed by atoms with Gasteiger partial charge >= 0.3 is 0 Å². The number of aliphatic hydroxyl groups is 1. The summed E-state index contributed by atoms with van der Waals surface area (Å²) in [6, 6.07) is 13.6. The lowest BCUT2D eigenvalue weighted by Crippen LogP contribution is -2.40. The van der Waals surface area contributed by atoms with Crippen LogP contribution in [0.2, 0.25) is 0 Å². The van der Waals surface area contributed by atoms with Gasteiger partial charge in [0.1, 0.15) is 0 Å². The third kappa shape index (κ3) is 5.08. The molecule has 7 heteroatoms. The van der Waals surface area contributed by atoms with Gasteiger partial charge in [0.2, 0.25) is 5.91 Å². The number of sulfonamides is 1. The Kier molecular flexibility index (Phi) is 5.82. The van der Waals surface area contributed by atoms with Crippen LogP contribution in [0.3, 0.4) is 0 Å². The van der Waals surface area contributed by atoms with Crippen molar-refractivity contribution in [1.82, 2.24) is 4.90 Å². The SMILES string of the molecule is Cc1cccc(S(=O)(=O)Nc2ccc(CC(=O)N3CCC(O)CC3)cc2)c1. The van der Waals surface area contributed by atoms with E-state index in [0.717, 1.165) is 11.1 Å². The van der Waals surface area contributed by atoms with E-state index in [1.54, 1.807) is 47.4 Å². The summed E-state index contributed by atoms with van der Waals surface area (Å²) in [5.41, 5.74) is 2.15. The molecule has 1 heterocycles. The quantitative estimate of drug-likeness (QED) is 0.823. The molecular weight excluding hydrogens is 364 g/mol. The first-order valence-corrected chi connectivity index (χ1v) is 10.5. The van der Waals surface area contributed by atoms with Crippen molar-refractivity contribution >= 4 is 21.6 Å². The zero-order valence-electron chi connectivity index (χ0n) is 15.3. The number of nitrogens with zero attached hydrogens (tertiary/aromatic N) is 1. The van der Waals surface area contributed by atoms with Crippen LogP contribution in [0.5, 0.6) is 0 Å². The first-order chi connectivity index (χ1) is 12.8. The van der Waals surface area contributed by atoms with E-state index in [1.807, 2.05) is 13.0 Å². The third-order valence-corrected chi connectivity index (χ3v) is 6.06. The fourth-order valence-corrected chi connectivity index (χ4v) is 4.25. The van der Waals surface area contributed by atoms with Gasteiger partial charge in [-0.25, -0.2) is 8.42 Å². The molecule has 1 aliphatic rings. The Bertz CT molecular complexity index is 902. The van der Waals surface area contributed by atoms with Crippen molar-refractivity contribution in [3.8, 4) is 0 Å². The molecule has 2 N–H and O–H groups in total. The number of anilines is 1. The number of likely N-dealkylation sites (tertiary alicyclic amines) is 1. The number of hydrogen-bond acceptors (Lipinski definition) is 4. The predicted octanol–water partition coefficient (Wildman–Crippen LogP) is 2.32. The highest BCUT2D eigenvalue weighted by atomic mass is 32.2. The van der Waals surface area contributed by atoms with Crippen molar-refractivity contribution in [2.24, 2.45) is 0 Å². The van der Waals surface area contributed by atoms with E-state index < -0.39 is 10.0 Å². The van der Waals surface area contributed by atoms with Gasteiger partial charge < -0.3 is 10.0 Å². The molecular formula is C20H24N2O4S. The maximum atomic E-state index is 12.5. The van der Waals surface area contributed by atoms with Gasteiger partial charge in [-0.1, -0.05) is 24.3 Å². The van der Waals surface area contributed by atoms with Gasteiger partial charge in [0, 0.05) is 18.8 Å². The Hall–Kier alpha value is -2.38. The molecule has 1 aliphatic heterocycles. The standard InChI is InChI=1S/C20H24N2O4S/c1-15-3-2-4-19(13-15)27(25,26)21-17-7-5-16(6-8-17)14-20(24)22-11-9-18(23)10-12-22/h2-8,13,18,21,23H,9-12,14H2,1H3. The summed E-state index contributed by atoms with van der Waals surface area (Å²) >= 11 is 0. The van der Waals surface area contributed by atoms with Crippen LogP contribution in [0.15, 0.2) is 53.4 Å². The molecule has 2 aromatic rings. The second kappa shape index (κ2) is 8.10. The first kappa shape index (κ1) is 19.4. The lowest BCUT2D eigenvalue weighted by molar-refractivity contribution is -0.132. The first-order valence-electron chi connectivity index (χ1n) is 8.98. The van der Waals surface area contributed by atoms with E-state index in [-0.39, 0.29) is 23.3 Å². The molecule has 0 radical (unpaired) electrons. The molecule has 0 spiro atoms. The van der Waals surface area contributed by atoms with E-state index >= 15 is 0 Å². The van der Waals surface area contributed by atoms with Crippen molar-refractivity contribution < 1.29 is 18.3 Å². The molecule has 144 valence electrons. The fraction of sp³-hybridized carbons (Fsp3) is 0.350. The van der Waals surface area contributed by atoms with E-state index in [2.05, 4.69) is 4.72 Å². The summed E-state index contributed by atoms with van der Waals surface area (Å²) in [6.45, 7) is 3.00. The van der Waals surface area contributed by atoms with E-state index in [1.165, 1.54) is 0 Å². The van der Waals surface area contributed by atoms with Gasteiger partial charge in [-0.3, -0.25) is 9.52 Å². The summed E-state index contributed by atoms with van der Waals surface area (Å²) in [6.07, 6.45) is 1.19. The molecule has 6 nitrogen and oxygen atoms in total. The number of aliphatic hydroxyl groups excluding tert-OH is 1. The largest absolute Gasteiger partial charge is 0.393 e.